The molecule has 0 spiro atoms. The SMILES string of the molecule is CCc1c(C(=O)O)sc2nc(C)c(C)n12. The van der Waals surface area contributed by atoms with Crippen LogP contribution in [0, 0.1) is 13.8 Å². The van der Waals surface area contributed by atoms with Crippen LogP contribution in [-0.2, 0) is 6.42 Å². The number of aromatic nitrogens is 2. The normalized spacial score (nSPS) is 11.1. The van der Waals surface area contributed by atoms with Gasteiger partial charge < -0.3 is 5.11 Å². The lowest BCUT2D eigenvalue weighted by atomic mass is 10.3. The van der Waals surface area contributed by atoms with Gasteiger partial charge in [0.2, 0.25) is 0 Å². The number of carbonyl (C=O) groups is 1. The molecule has 0 radical (unpaired) electrons. The molecule has 1 N–H and O–H groups in total. The molecule has 2 aromatic rings. The topological polar surface area (TPSA) is 54.6 Å². The summed E-state index contributed by atoms with van der Waals surface area (Å²) in [6, 6.07) is 0. The Hall–Kier alpha value is -1.36. The van der Waals surface area contributed by atoms with Gasteiger partial charge in [0.1, 0.15) is 4.88 Å². The van der Waals surface area contributed by atoms with Crippen molar-refractivity contribution in [2.24, 2.45) is 0 Å². The van der Waals surface area contributed by atoms with E-state index in [1.165, 1.54) is 11.3 Å². The predicted octanol–water partition coefficient (Wildman–Crippen LogP) is 2.27. The number of carboxylic acids is 1. The van der Waals surface area contributed by atoms with Gasteiger partial charge in [-0.25, -0.2) is 9.78 Å². The lowest BCUT2D eigenvalue weighted by Gasteiger charge is -1.99. The Kier molecular flexibility index (Phi) is 2.26. The molecular formula is C10H12N2O2S. The zero-order valence-electron chi connectivity index (χ0n) is 8.87. The van der Waals surface area contributed by atoms with Crippen LogP contribution in [0.5, 0.6) is 0 Å². The van der Waals surface area contributed by atoms with Crippen molar-refractivity contribution in [2.75, 3.05) is 0 Å². The van der Waals surface area contributed by atoms with Gasteiger partial charge in [-0.3, -0.25) is 4.40 Å². The van der Waals surface area contributed by atoms with Crippen molar-refractivity contribution in [3.05, 3.63) is 22.0 Å². The first-order valence-corrected chi connectivity index (χ1v) is 5.58. The van der Waals surface area contributed by atoms with E-state index < -0.39 is 5.97 Å². The average molecular weight is 224 g/mol. The summed E-state index contributed by atoms with van der Waals surface area (Å²) >= 11 is 1.24. The van der Waals surface area contributed by atoms with Crippen LogP contribution in [0.3, 0.4) is 0 Å². The summed E-state index contributed by atoms with van der Waals surface area (Å²) in [6.07, 6.45) is 0.707. The number of hydrogen-bond acceptors (Lipinski definition) is 3. The third-order valence-electron chi connectivity index (χ3n) is 2.57. The van der Waals surface area contributed by atoms with Crippen LogP contribution in [-0.4, -0.2) is 20.5 Å². The van der Waals surface area contributed by atoms with E-state index in [0.29, 0.717) is 11.3 Å². The van der Waals surface area contributed by atoms with Crippen LogP contribution < -0.4 is 0 Å². The van der Waals surface area contributed by atoms with E-state index >= 15 is 0 Å². The summed E-state index contributed by atoms with van der Waals surface area (Å²) in [7, 11) is 0. The molecule has 80 valence electrons. The van der Waals surface area contributed by atoms with Crippen LogP contribution in [0.2, 0.25) is 0 Å². The molecule has 0 aromatic carbocycles. The Morgan fingerprint density at radius 2 is 2.20 bits per heavy atom. The summed E-state index contributed by atoms with van der Waals surface area (Å²) in [5.74, 6) is -0.862. The zero-order chi connectivity index (χ0) is 11.2. The van der Waals surface area contributed by atoms with E-state index in [-0.39, 0.29) is 0 Å². The lowest BCUT2D eigenvalue weighted by molar-refractivity contribution is 0.0700. The molecule has 5 heteroatoms. The highest BCUT2D eigenvalue weighted by Gasteiger charge is 2.19. The number of carboxylic acid groups (broad SMARTS) is 1. The fourth-order valence-corrected chi connectivity index (χ4v) is 2.85. The lowest BCUT2D eigenvalue weighted by Crippen LogP contribution is -2.01. The van der Waals surface area contributed by atoms with Crippen molar-refractivity contribution >= 4 is 22.3 Å². The Balaban J connectivity index is 2.83. The molecule has 0 aliphatic carbocycles. The molecule has 2 heterocycles. The minimum Gasteiger partial charge on any atom is -0.477 e. The van der Waals surface area contributed by atoms with Gasteiger partial charge in [-0.15, -0.1) is 0 Å². The summed E-state index contributed by atoms with van der Waals surface area (Å²) in [6.45, 7) is 5.87. The minimum absolute atomic E-state index is 0.406. The second-order valence-corrected chi connectivity index (χ2v) is 4.41. The van der Waals surface area contributed by atoms with Crippen molar-refractivity contribution in [3.63, 3.8) is 0 Å². The minimum atomic E-state index is -0.862. The number of hydrogen-bond donors (Lipinski definition) is 1. The van der Waals surface area contributed by atoms with Gasteiger partial charge in [0, 0.05) is 11.4 Å². The van der Waals surface area contributed by atoms with Crippen LogP contribution >= 0.6 is 11.3 Å². The molecule has 2 aromatic heterocycles. The predicted molar refractivity (Wildman–Crippen MR) is 58.9 cm³/mol. The van der Waals surface area contributed by atoms with Gasteiger partial charge in [-0.1, -0.05) is 18.3 Å². The number of thiazole rings is 1. The first-order chi connectivity index (χ1) is 7.06. The molecule has 0 fully saturated rings. The van der Waals surface area contributed by atoms with E-state index in [2.05, 4.69) is 4.98 Å². The van der Waals surface area contributed by atoms with Crippen LogP contribution in [0.25, 0.3) is 4.96 Å². The van der Waals surface area contributed by atoms with Gasteiger partial charge in [0.15, 0.2) is 4.96 Å². The zero-order valence-corrected chi connectivity index (χ0v) is 9.68. The van der Waals surface area contributed by atoms with Crippen molar-refractivity contribution in [1.82, 2.24) is 9.38 Å². The molecule has 0 aliphatic heterocycles. The molecule has 0 aliphatic rings. The molecule has 0 unspecified atom stereocenters. The quantitative estimate of drug-likeness (QED) is 0.851. The fourth-order valence-electron chi connectivity index (χ4n) is 1.70. The van der Waals surface area contributed by atoms with E-state index in [4.69, 9.17) is 5.11 Å². The highest BCUT2D eigenvalue weighted by Crippen LogP contribution is 2.26. The van der Waals surface area contributed by atoms with Crippen molar-refractivity contribution < 1.29 is 9.90 Å². The first-order valence-electron chi connectivity index (χ1n) is 4.76. The summed E-state index contributed by atoms with van der Waals surface area (Å²) in [4.78, 5) is 16.5. The Morgan fingerprint density at radius 3 is 2.73 bits per heavy atom. The van der Waals surface area contributed by atoms with E-state index in [9.17, 15) is 4.79 Å². The molecule has 2 rings (SSSR count). The van der Waals surface area contributed by atoms with E-state index in [0.717, 1.165) is 22.0 Å². The number of imidazole rings is 1. The molecular weight excluding hydrogens is 212 g/mol. The molecule has 0 saturated carbocycles. The standard InChI is InChI=1S/C10H12N2O2S/c1-4-7-8(9(13)14)15-10-11-5(2)6(3)12(7)10/h4H2,1-3H3,(H,13,14). The van der Waals surface area contributed by atoms with Crippen molar-refractivity contribution in [2.45, 2.75) is 27.2 Å². The van der Waals surface area contributed by atoms with Crippen LogP contribution in [0.1, 0.15) is 33.7 Å². The molecule has 0 atom stereocenters. The first kappa shape index (κ1) is 10.2. The maximum Gasteiger partial charge on any atom is 0.347 e. The Labute approximate surface area is 91.2 Å². The fraction of sp³-hybridized carbons (Fsp3) is 0.400. The van der Waals surface area contributed by atoms with Gasteiger partial charge in [0.05, 0.1) is 5.69 Å². The molecule has 0 bridgehead atoms. The molecule has 15 heavy (non-hydrogen) atoms. The van der Waals surface area contributed by atoms with Gasteiger partial charge in [0.25, 0.3) is 0 Å². The third-order valence-corrected chi connectivity index (χ3v) is 3.64. The maximum absolute atomic E-state index is 11.0. The van der Waals surface area contributed by atoms with Crippen molar-refractivity contribution in [3.8, 4) is 0 Å². The van der Waals surface area contributed by atoms with E-state index in [1.807, 2.05) is 25.2 Å². The molecule has 0 amide bonds. The number of rotatable bonds is 2. The summed E-state index contributed by atoms with van der Waals surface area (Å²) in [5.41, 5.74) is 2.85. The van der Waals surface area contributed by atoms with E-state index in [1.54, 1.807) is 0 Å². The average Bonchev–Trinajstić information content (AvgIpc) is 2.65. The second kappa shape index (κ2) is 3.34. The maximum atomic E-state index is 11.0. The number of nitrogens with zero attached hydrogens (tertiary/aromatic N) is 2. The Bertz CT molecular complexity index is 539. The number of fused-ring (bicyclic) bond motifs is 1. The number of aromatic carboxylic acids is 1. The molecule has 4 nitrogen and oxygen atoms in total. The highest BCUT2D eigenvalue weighted by molar-refractivity contribution is 7.19. The largest absolute Gasteiger partial charge is 0.477 e. The van der Waals surface area contributed by atoms with Crippen LogP contribution in [0.4, 0.5) is 0 Å². The van der Waals surface area contributed by atoms with Crippen LogP contribution in [0.15, 0.2) is 0 Å². The second-order valence-electron chi connectivity index (χ2n) is 3.44. The summed E-state index contributed by atoms with van der Waals surface area (Å²) < 4.78 is 1.95. The van der Waals surface area contributed by atoms with Gasteiger partial charge in [-0.05, 0) is 20.3 Å². The third kappa shape index (κ3) is 1.34. The molecule has 0 saturated heterocycles. The highest BCUT2D eigenvalue weighted by atomic mass is 32.1. The van der Waals surface area contributed by atoms with Crippen molar-refractivity contribution in [1.29, 1.82) is 0 Å². The number of aryl methyl sites for hydroxylation is 3. The van der Waals surface area contributed by atoms with Gasteiger partial charge >= 0.3 is 5.97 Å². The smallest absolute Gasteiger partial charge is 0.347 e. The summed E-state index contributed by atoms with van der Waals surface area (Å²) in [5, 5.41) is 9.05. The Morgan fingerprint density at radius 1 is 1.53 bits per heavy atom. The monoisotopic (exact) mass is 224 g/mol. The van der Waals surface area contributed by atoms with Gasteiger partial charge in [-0.2, -0.15) is 0 Å².